The first-order valence-corrected chi connectivity index (χ1v) is 12.2. The molecule has 0 radical (unpaired) electrons. The molecule has 2 aliphatic heterocycles. The van der Waals surface area contributed by atoms with Crippen molar-refractivity contribution in [2.75, 3.05) is 55.0 Å². The first kappa shape index (κ1) is 28.0. The van der Waals surface area contributed by atoms with Crippen molar-refractivity contribution in [2.24, 2.45) is 0 Å². The Hall–Kier alpha value is -4.01. The molecule has 0 bridgehead atoms. The van der Waals surface area contributed by atoms with Gasteiger partial charge in [0, 0.05) is 32.4 Å². The van der Waals surface area contributed by atoms with Gasteiger partial charge >= 0.3 is 6.18 Å². The number of halogens is 3. The van der Waals surface area contributed by atoms with Crippen LogP contribution in [0.4, 0.5) is 30.4 Å². The molecule has 2 atom stereocenters. The van der Waals surface area contributed by atoms with Gasteiger partial charge in [-0.2, -0.15) is 18.3 Å². The van der Waals surface area contributed by atoms with Crippen molar-refractivity contribution >= 4 is 34.8 Å². The largest absolute Gasteiger partial charge is 0.417 e. The van der Waals surface area contributed by atoms with Crippen molar-refractivity contribution in [3.05, 3.63) is 39.9 Å². The number of ketones is 1. The standard InChI is InChI=1S/C24H28F3N7O5/c1-13(30-16-10-29-31-22(37)20(16)14(2)35)12-39-7-4-19(36)33-5-6-34-18(11-33)23(38)32(3)17-8-15(24(25,26)27)9-28-21(17)34/h8-10,13,18H,4-7,11-12H2,1-3H3,(H2,30,31,37)/t13-,18+/m0/s1. The quantitative estimate of drug-likeness (QED) is 0.367. The van der Waals surface area contributed by atoms with Crippen LogP contribution in [0.3, 0.4) is 0 Å². The Morgan fingerprint density at radius 3 is 2.69 bits per heavy atom. The molecule has 210 valence electrons. The van der Waals surface area contributed by atoms with E-state index in [0.717, 1.165) is 17.2 Å². The number of aromatic amines is 1. The predicted octanol–water partition coefficient (Wildman–Crippen LogP) is 1.29. The molecular weight excluding hydrogens is 523 g/mol. The predicted molar refractivity (Wildman–Crippen MR) is 134 cm³/mol. The molecule has 4 heterocycles. The van der Waals surface area contributed by atoms with Crippen LogP contribution in [0.5, 0.6) is 0 Å². The zero-order chi connectivity index (χ0) is 28.5. The van der Waals surface area contributed by atoms with Crippen molar-refractivity contribution in [1.29, 1.82) is 0 Å². The summed E-state index contributed by atoms with van der Waals surface area (Å²) >= 11 is 0. The minimum absolute atomic E-state index is 0.0345. The van der Waals surface area contributed by atoms with E-state index in [-0.39, 0.29) is 74.0 Å². The number of piperazine rings is 1. The van der Waals surface area contributed by atoms with E-state index in [9.17, 15) is 32.3 Å². The number of anilines is 3. The number of alkyl halides is 3. The van der Waals surface area contributed by atoms with Gasteiger partial charge in [0.15, 0.2) is 11.6 Å². The number of hydrogen-bond donors (Lipinski definition) is 2. The van der Waals surface area contributed by atoms with Crippen LogP contribution in [0.15, 0.2) is 23.3 Å². The molecule has 39 heavy (non-hydrogen) atoms. The number of pyridine rings is 1. The summed E-state index contributed by atoms with van der Waals surface area (Å²) < 4.78 is 45.0. The SMILES string of the molecule is CC(=O)c1c(N[C@@H](C)COCCC(=O)N2CCN3c4ncc(C(F)(F)F)cc4N(C)C(=O)[C@H]3C2)cn[nH]c1=O. The summed E-state index contributed by atoms with van der Waals surface area (Å²) in [5.74, 6) is -0.783. The van der Waals surface area contributed by atoms with Crippen molar-refractivity contribution in [1.82, 2.24) is 20.1 Å². The van der Waals surface area contributed by atoms with E-state index in [1.807, 2.05) is 0 Å². The summed E-state index contributed by atoms with van der Waals surface area (Å²) in [7, 11) is 1.39. The number of likely N-dealkylation sites (N-methyl/N-ethyl adjacent to an activating group) is 1. The van der Waals surface area contributed by atoms with Gasteiger partial charge in [-0.05, 0) is 19.9 Å². The maximum atomic E-state index is 13.1. The minimum atomic E-state index is -4.58. The number of amides is 2. The van der Waals surface area contributed by atoms with Crippen LogP contribution in [-0.2, 0) is 20.5 Å². The summed E-state index contributed by atoms with van der Waals surface area (Å²) in [6.07, 6.45) is -2.44. The Morgan fingerprint density at radius 2 is 2.00 bits per heavy atom. The van der Waals surface area contributed by atoms with Gasteiger partial charge in [0.25, 0.3) is 11.5 Å². The van der Waals surface area contributed by atoms with Crippen LogP contribution in [0.1, 0.15) is 36.2 Å². The van der Waals surface area contributed by atoms with Crippen molar-refractivity contribution in [3.63, 3.8) is 0 Å². The summed E-state index contributed by atoms with van der Waals surface area (Å²) in [6, 6.07) is -0.145. The monoisotopic (exact) mass is 551 g/mol. The summed E-state index contributed by atoms with van der Waals surface area (Å²) in [6.45, 7) is 3.93. The fourth-order valence-corrected chi connectivity index (χ4v) is 4.63. The average Bonchev–Trinajstić information content (AvgIpc) is 2.88. The number of nitrogens with one attached hydrogen (secondary N) is 2. The van der Waals surface area contributed by atoms with E-state index in [4.69, 9.17) is 4.74 Å². The van der Waals surface area contributed by atoms with Crippen LogP contribution in [0, 0.1) is 0 Å². The number of Topliss-reactive ketones (excluding diaryl/α,β-unsaturated/α-hetero) is 1. The lowest BCUT2D eigenvalue weighted by molar-refractivity contribution is -0.138. The van der Waals surface area contributed by atoms with Crippen molar-refractivity contribution < 1.29 is 32.3 Å². The molecule has 0 unspecified atom stereocenters. The highest BCUT2D eigenvalue weighted by Gasteiger charge is 2.43. The van der Waals surface area contributed by atoms with E-state index in [1.165, 1.54) is 25.1 Å². The lowest BCUT2D eigenvalue weighted by Crippen LogP contribution is -2.63. The first-order valence-electron chi connectivity index (χ1n) is 12.2. The maximum Gasteiger partial charge on any atom is 0.417 e. The molecule has 2 aliphatic rings. The maximum absolute atomic E-state index is 13.1. The zero-order valence-corrected chi connectivity index (χ0v) is 21.5. The fourth-order valence-electron chi connectivity index (χ4n) is 4.63. The third-order valence-electron chi connectivity index (χ3n) is 6.59. The number of ether oxygens (including phenoxy) is 1. The normalized spacial score (nSPS) is 17.9. The third kappa shape index (κ3) is 5.87. The molecule has 0 aromatic carbocycles. The van der Waals surface area contributed by atoms with Gasteiger partial charge in [-0.1, -0.05) is 0 Å². The highest BCUT2D eigenvalue weighted by atomic mass is 19.4. The van der Waals surface area contributed by atoms with Crippen LogP contribution in [0.25, 0.3) is 0 Å². The number of fused-ring (bicyclic) bond motifs is 3. The highest BCUT2D eigenvalue weighted by Crippen LogP contribution is 2.39. The lowest BCUT2D eigenvalue weighted by Gasteiger charge is -2.46. The summed E-state index contributed by atoms with van der Waals surface area (Å²) in [5.41, 5.74) is -1.21. The highest BCUT2D eigenvalue weighted by molar-refractivity contribution is 6.05. The number of hydrogen-bond acceptors (Lipinski definition) is 9. The second-order valence-corrected chi connectivity index (χ2v) is 9.42. The Bertz CT molecular complexity index is 1330. The van der Waals surface area contributed by atoms with Crippen LogP contribution in [0.2, 0.25) is 0 Å². The van der Waals surface area contributed by atoms with Gasteiger partial charge in [0.2, 0.25) is 5.91 Å². The van der Waals surface area contributed by atoms with Crippen LogP contribution >= 0.6 is 0 Å². The third-order valence-corrected chi connectivity index (χ3v) is 6.59. The summed E-state index contributed by atoms with van der Waals surface area (Å²) in [5, 5.41) is 8.91. The summed E-state index contributed by atoms with van der Waals surface area (Å²) in [4.78, 5) is 57.7. The molecule has 12 nitrogen and oxygen atoms in total. The molecule has 2 aromatic rings. The molecule has 2 N–H and O–H groups in total. The number of nitrogens with zero attached hydrogens (tertiary/aromatic N) is 5. The number of rotatable bonds is 8. The topological polar surface area (TPSA) is 141 Å². The first-order chi connectivity index (χ1) is 18.4. The second kappa shape index (κ2) is 11.0. The smallest absolute Gasteiger partial charge is 0.379 e. The molecule has 15 heteroatoms. The molecule has 1 saturated heterocycles. The van der Waals surface area contributed by atoms with E-state index in [1.54, 1.807) is 11.8 Å². The molecule has 0 spiro atoms. The molecule has 0 aliphatic carbocycles. The van der Waals surface area contributed by atoms with E-state index in [0.29, 0.717) is 0 Å². The Morgan fingerprint density at radius 1 is 1.26 bits per heavy atom. The molecule has 0 saturated carbocycles. The molecular formula is C24H28F3N7O5. The van der Waals surface area contributed by atoms with Gasteiger partial charge in [-0.15, -0.1) is 0 Å². The van der Waals surface area contributed by atoms with Gasteiger partial charge in [-0.25, -0.2) is 10.1 Å². The number of carbonyl (C=O) groups is 3. The second-order valence-electron chi connectivity index (χ2n) is 9.42. The molecule has 1 fully saturated rings. The average molecular weight is 552 g/mol. The van der Waals surface area contributed by atoms with Crippen molar-refractivity contribution in [3.8, 4) is 0 Å². The van der Waals surface area contributed by atoms with Crippen LogP contribution in [-0.4, -0.2) is 89.7 Å². The van der Waals surface area contributed by atoms with Gasteiger partial charge in [0.05, 0.1) is 49.3 Å². The van der Waals surface area contributed by atoms with E-state index >= 15 is 0 Å². The zero-order valence-electron chi connectivity index (χ0n) is 21.5. The number of carbonyl (C=O) groups excluding carboxylic acids is 3. The molecule has 2 aromatic heterocycles. The molecule has 2 amide bonds. The van der Waals surface area contributed by atoms with Crippen molar-refractivity contribution in [2.45, 2.75) is 38.5 Å². The van der Waals surface area contributed by atoms with Gasteiger partial charge in [-0.3, -0.25) is 19.2 Å². The molecule has 4 rings (SSSR count). The fraction of sp³-hybridized carbons (Fsp3) is 0.500. The Balaban J connectivity index is 1.30. The Labute approximate surface area is 221 Å². The number of aromatic nitrogens is 3. The Kier molecular flexibility index (Phi) is 7.90. The van der Waals surface area contributed by atoms with E-state index in [2.05, 4.69) is 20.5 Å². The lowest BCUT2D eigenvalue weighted by atomic mass is 10.0. The minimum Gasteiger partial charge on any atom is -0.379 e. The van der Waals surface area contributed by atoms with Gasteiger partial charge in [0.1, 0.15) is 11.6 Å². The van der Waals surface area contributed by atoms with Gasteiger partial charge < -0.3 is 24.8 Å². The van der Waals surface area contributed by atoms with Crippen LogP contribution < -0.4 is 20.7 Å². The number of H-pyrrole nitrogens is 1. The van der Waals surface area contributed by atoms with E-state index < -0.39 is 35.0 Å².